The number of nitrogens with zero attached hydrogens (tertiary/aromatic N) is 4. The summed E-state index contributed by atoms with van der Waals surface area (Å²) in [5, 5.41) is 9.41. The number of aliphatic carboxylic acids is 1. The van der Waals surface area contributed by atoms with Gasteiger partial charge in [0.05, 0.1) is 18.8 Å². The summed E-state index contributed by atoms with van der Waals surface area (Å²) in [6.07, 6.45) is 4.08. The Morgan fingerprint density at radius 1 is 0.767 bits per heavy atom. The number of rotatable bonds is 18. The first-order valence-corrected chi connectivity index (χ1v) is 15.5. The summed E-state index contributed by atoms with van der Waals surface area (Å²) in [6.45, 7) is 4.99. The van der Waals surface area contributed by atoms with Gasteiger partial charge >= 0.3 is 25.8 Å². The van der Waals surface area contributed by atoms with Crippen LogP contribution in [0.2, 0.25) is 0 Å². The second-order valence-corrected chi connectivity index (χ2v) is 11.2. The third-order valence-electron chi connectivity index (χ3n) is 7.02. The van der Waals surface area contributed by atoms with Crippen LogP contribution in [0.1, 0.15) is 24.0 Å². The molecule has 0 bridgehead atoms. The van der Waals surface area contributed by atoms with Gasteiger partial charge in [-0.15, -0.1) is 0 Å². The van der Waals surface area contributed by atoms with Crippen molar-refractivity contribution >= 4 is 62.0 Å². The van der Waals surface area contributed by atoms with Gasteiger partial charge in [-0.25, -0.2) is 0 Å². The minimum absolute atomic E-state index is 0. The van der Waals surface area contributed by atoms with Crippen LogP contribution in [0.5, 0.6) is 0 Å². The average molecular weight is 682 g/mol. The number of thioether (sulfide) groups is 1. The van der Waals surface area contributed by atoms with Crippen molar-refractivity contribution in [3.63, 3.8) is 0 Å². The number of ether oxygens (including phenoxy) is 2. The Morgan fingerprint density at radius 3 is 1.65 bits per heavy atom. The molecule has 0 unspecified atom stereocenters. The summed E-state index contributed by atoms with van der Waals surface area (Å²) in [7, 11) is 0. The molecule has 0 atom stereocenters. The molecule has 0 aromatic heterocycles. The van der Waals surface area contributed by atoms with Crippen molar-refractivity contribution in [1.29, 1.82) is 0 Å². The van der Waals surface area contributed by atoms with Gasteiger partial charge in [0, 0.05) is 65.2 Å². The van der Waals surface area contributed by atoms with Gasteiger partial charge in [-0.3, -0.25) is 43.6 Å². The predicted octanol–water partition coefficient (Wildman–Crippen LogP) is -0.564. The normalized spacial score (nSPS) is 16.2. The first kappa shape index (κ1) is 38.8. The Labute approximate surface area is 271 Å². The van der Waals surface area contributed by atoms with Gasteiger partial charge in [-0.1, -0.05) is 24.3 Å². The van der Waals surface area contributed by atoms with E-state index in [0.717, 1.165) is 11.1 Å². The molecule has 1 fully saturated rings. The number of ketones is 2. The molecule has 0 spiro atoms. The zero-order valence-corrected chi connectivity index (χ0v) is 25.3. The van der Waals surface area contributed by atoms with E-state index >= 15 is 0 Å². The van der Waals surface area contributed by atoms with Gasteiger partial charge in [-0.05, 0) is 30.2 Å². The first-order chi connectivity index (χ1) is 20.3. The van der Waals surface area contributed by atoms with E-state index in [4.69, 9.17) is 9.47 Å². The molecular formula is C29H47GaN4O8S. The zero-order valence-electron chi connectivity index (χ0n) is 24.5. The zero-order chi connectivity index (χ0) is 30.6. The number of hydrogen-bond acceptors (Lipinski definition) is 12. The molecular weight excluding hydrogens is 634 g/mol. The minimum atomic E-state index is -0.937. The summed E-state index contributed by atoms with van der Waals surface area (Å²) in [6, 6.07) is 8.03. The monoisotopic (exact) mass is 680 g/mol. The maximum absolute atomic E-state index is 13.1. The standard InChI is InChI=1S/C29H44N4O8S.Ga.3H/c1-42-20-28(37)8-6-26-4-2-3-25(17-26)5-7-27(36)18-30-9-10-31(19-29(38)39)12-14-33(22-41-24-35)16-15-32(13-11-30)21-40-23-34;;;;/h2-4,17,23-24H,5-16,18-22H2,1H3,(H,38,39);;;;. The predicted molar refractivity (Wildman–Crippen MR) is 169 cm³/mol. The van der Waals surface area contributed by atoms with E-state index in [1.807, 2.05) is 44.1 Å². The number of carbonyl (C=O) groups excluding carboxylic acids is 4. The van der Waals surface area contributed by atoms with Crippen LogP contribution in [-0.2, 0) is 46.3 Å². The van der Waals surface area contributed by atoms with E-state index in [2.05, 4.69) is 6.07 Å². The van der Waals surface area contributed by atoms with Crippen LogP contribution in [0.15, 0.2) is 24.3 Å². The Hall–Kier alpha value is -2.20. The number of carboxylic acids is 1. The van der Waals surface area contributed by atoms with Crippen molar-refractivity contribution in [3.05, 3.63) is 35.4 Å². The molecule has 1 saturated heterocycles. The van der Waals surface area contributed by atoms with Crippen LogP contribution in [0.4, 0.5) is 0 Å². The fourth-order valence-electron chi connectivity index (χ4n) is 4.69. The fraction of sp³-hybridized carbons (Fsp3) is 0.621. The van der Waals surface area contributed by atoms with Gasteiger partial charge in [0.25, 0.3) is 12.9 Å². The van der Waals surface area contributed by atoms with Crippen LogP contribution >= 0.6 is 11.8 Å². The maximum atomic E-state index is 13.1. The molecule has 0 saturated carbocycles. The van der Waals surface area contributed by atoms with Gasteiger partial charge in [0.2, 0.25) is 0 Å². The third kappa shape index (κ3) is 17.6. The number of benzene rings is 1. The molecule has 14 heteroatoms. The van der Waals surface area contributed by atoms with Crippen LogP contribution in [0.25, 0.3) is 0 Å². The fourth-order valence-corrected chi connectivity index (χ4v) is 5.15. The summed E-state index contributed by atoms with van der Waals surface area (Å²) in [5.74, 6) is -0.0968. The molecule has 2 rings (SSSR count). The molecule has 0 amide bonds. The SMILES string of the molecule is CSCC(=O)CCc1cccc(CCC(=O)CN2CCN(COC=O)CCN(COC=O)CCN(CC(=O)O)CC2)c1.[GaH3]. The van der Waals surface area contributed by atoms with E-state index in [9.17, 15) is 29.1 Å². The van der Waals surface area contributed by atoms with Crippen LogP contribution in [-0.4, -0.2) is 166 Å². The van der Waals surface area contributed by atoms with E-state index in [1.54, 1.807) is 0 Å². The Bertz CT molecular complexity index is 1000. The van der Waals surface area contributed by atoms with Crippen LogP contribution in [0.3, 0.4) is 0 Å². The molecule has 0 radical (unpaired) electrons. The second kappa shape index (κ2) is 23.2. The van der Waals surface area contributed by atoms with Crippen molar-refractivity contribution in [1.82, 2.24) is 19.6 Å². The van der Waals surface area contributed by atoms with E-state index < -0.39 is 5.97 Å². The number of aryl methyl sites for hydroxylation is 2. The molecule has 0 aliphatic carbocycles. The molecule has 1 N–H and O–H groups in total. The third-order valence-corrected chi connectivity index (χ3v) is 7.63. The first-order valence-electron chi connectivity index (χ1n) is 14.1. The number of hydrogen-bond donors (Lipinski definition) is 1. The van der Waals surface area contributed by atoms with E-state index in [0.29, 0.717) is 96.7 Å². The number of carboxylic acid groups (broad SMARTS) is 1. The van der Waals surface area contributed by atoms with Crippen molar-refractivity contribution in [2.45, 2.75) is 25.7 Å². The summed E-state index contributed by atoms with van der Waals surface area (Å²) in [5.41, 5.74) is 2.14. The summed E-state index contributed by atoms with van der Waals surface area (Å²) in [4.78, 5) is 65.7. The van der Waals surface area contributed by atoms with Crippen LogP contribution in [0, 0.1) is 0 Å². The summed E-state index contributed by atoms with van der Waals surface area (Å²) < 4.78 is 9.92. The molecule has 1 aromatic carbocycles. The van der Waals surface area contributed by atoms with Gasteiger partial charge in [0.15, 0.2) is 0 Å². The molecule has 43 heavy (non-hydrogen) atoms. The molecule has 1 heterocycles. The van der Waals surface area contributed by atoms with Gasteiger partial charge in [0.1, 0.15) is 25.0 Å². The van der Waals surface area contributed by atoms with E-state index in [-0.39, 0.29) is 57.9 Å². The summed E-state index contributed by atoms with van der Waals surface area (Å²) >= 11 is 1.53. The van der Waals surface area contributed by atoms with Gasteiger partial charge < -0.3 is 14.6 Å². The van der Waals surface area contributed by atoms with Crippen molar-refractivity contribution in [2.24, 2.45) is 0 Å². The van der Waals surface area contributed by atoms with E-state index in [1.165, 1.54) is 11.8 Å². The second-order valence-electron chi connectivity index (χ2n) is 10.3. The Balaban J connectivity index is 0.00000924. The molecule has 12 nitrogen and oxygen atoms in total. The Kier molecular flexibility index (Phi) is 21.0. The molecule has 1 aliphatic rings. The van der Waals surface area contributed by atoms with Crippen molar-refractivity contribution < 1.29 is 38.6 Å². The van der Waals surface area contributed by atoms with Crippen LogP contribution < -0.4 is 0 Å². The average Bonchev–Trinajstić information content (AvgIpc) is 2.97. The van der Waals surface area contributed by atoms with Crippen molar-refractivity contribution in [3.8, 4) is 0 Å². The quantitative estimate of drug-likeness (QED) is 0.157. The Morgan fingerprint density at radius 2 is 1.21 bits per heavy atom. The molecule has 1 aliphatic heterocycles. The topological polar surface area (TPSA) is 137 Å². The number of Topliss-reactive ketones (excluding diaryl/α,β-unsaturated/α-hetero) is 2. The van der Waals surface area contributed by atoms with Crippen molar-refractivity contribution in [2.75, 3.05) is 90.9 Å². The molecule has 240 valence electrons. The van der Waals surface area contributed by atoms with Gasteiger partial charge in [-0.2, -0.15) is 11.8 Å². The number of carbonyl (C=O) groups is 5. The molecule has 1 aromatic rings.